The molecular formula is C20H24FNO6. The SMILES string of the molecule is CCOC(=O)C(C(=O)OCC)C(C)C(=O)c1cc(F)c2c(c1)C(C)(C)C(=O)N2. The lowest BCUT2D eigenvalue weighted by molar-refractivity contribution is -0.163. The van der Waals surface area contributed by atoms with Crippen molar-refractivity contribution in [2.24, 2.45) is 11.8 Å². The van der Waals surface area contributed by atoms with E-state index < -0.39 is 40.8 Å². The molecule has 0 radical (unpaired) electrons. The minimum absolute atomic E-state index is 0.0328. The van der Waals surface area contributed by atoms with Gasteiger partial charge in [0.25, 0.3) is 0 Å². The van der Waals surface area contributed by atoms with Crippen molar-refractivity contribution >= 4 is 29.3 Å². The fraction of sp³-hybridized carbons (Fsp3) is 0.500. The number of carbonyl (C=O) groups is 4. The molecule has 0 saturated carbocycles. The number of anilines is 1. The van der Waals surface area contributed by atoms with Gasteiger partial charge in [0.15, 0.2) is 11.7 Å². The molecule has 0 aromatic heterocycles. The maximum atomic E-state index is 14.5. The van der Waals surface area contributed by atoms with Gasteiger partial charge in [0.1, 0.15) is 5.82 Å². The summed E-state index contributed by atoms with van der Waals surface area (Å²) in [6.07, 6.45) is 0. The number of halogens is 1. The molecule has 1 aromatic rings. The lowest BCUT2D eigenvalue weighted by Gasteiger charge is -2.21. The molecule has 0 fully saturated rings. The lowest BCUT2D eigenvalue weighted by Crippen LogP contribution is -2.37. The first-order valence-corrected chi connectivity index (χ1v) is 9.09. The third kappa shape index (κ3) is 3.76. The zero-order valence-electron chi connectivity index (χ0n) is 16.6. The summed E-state index contributed by atoms with van der Waals surface area (Å²) in [6, 6.07) is 2.41. The molecule has 1 aliphatic heterocycles. The van der Waals surface area contributed by atoms with Crippen LogP contribution in [0.25, 0.3) is 0 Å². The Bertz CT molecular complexity index is 814. The second-order valence-electron chi connectivity index (χ2n) is 7.09. The Balaban J connectivity index is 2.42. The number of amides is 1. The first-order valence-electron chi connectivity index (χ1n) is 9.09. The number of esters is 2. The van der Waals surface area contributed by atoms with Gasteiger partial charge in [-0.2, -0.15) is 0 Å². The molecule has 1 amide bonds. The standard InChI is InChI=1S/C20H24FNO6/c1-6-27-17(24)14(18(25)28-7-2)10(3)16(23)11-8-12-15(13(21)9-11)22-19(26)20(12,4)5/h8-10,14H,6-7H2,1-5H3,(H,22,26). The van der Waals surface area contributed by atoms with Gasteiger partial charge >= 0.3 is 11.9 Å². The minimum atomic E-state index is -1.46. The molecule has 0 saturated heterocycles. The Morgan fingerprint density at radius 1 is 1.11 bits per heavy atom. The number of fused-ring (bicyclic) bond motifs is 1. The molecule has 7 nitrogen and oxygen atoms in total. The molecule has 1 aromatic carbocycles. The van der Waals surface area contributed by atoms with Crippen LogP contribution in [0.1, 0.15) is 50.5 Å². The Morgan fingerprint density at radius 2 is 1.64 bits per heavy atom. The van der Waals surface area contributed by atoms with Crippen molar-refractivity contribution < 1.29 is 33.0 Å². The van der Waals surface area contributed by atoms with Gasteiger partial charge in [-0.25, -0.2) is 4.39 Å². The summed E-state index contributed by atoms with van der Waals surface area (Å²) >= 11 is 0. The number of nitrogens with one attached hydrogen (secondary N) is 1. The third-order valence-electron chi connectivity index (χ3n) is 4.85. The van der Waals surface area contributed by atoms with Crippen LogP contribution in [0.15, 0.2) is 12.1 Å². The van der Waals surface area contributed by atoms with E-state index in [4.69, 9.17) is 9.47 Å². The quantitative estimate of drug-likeness (QED) is 0.434. The molecule has 2 rings (SSSR count). The van der Waals surface area contributed by atoms with E-state index in [-0.39, 0.29) is 30.4 Å². The van der Waals surface area contributed by atoms with Crippen LogP contribution < -0.4 is 5.32 Å². The van der Waals surface area contributed by atoms with Crippen LogP contribution in [0.2, 0.25) is 0 Å². The Labute approximate surface area is 162 Å². The Morgan fingerprint density at radius 3 is 2.14 bits per heavy atom. The monoisotopic (exact) mass is 393 g/mol. The van der Waals surface area contributed by atoms with Gasteiger partial charge in [-0.15, -0.1) is 0 Å². The molecule has 1 unspecified atom stereocenters. The highest BCUT2D eigenvalue weighted by Gasteiger charge is 2.43. The van der Waals surface area contributed by atoms with Gasteiger partial charge in [-0.3, -0.25) is 19.2 Å². The van der Waals surface area contributed by atoms with E-state index >= 15 is 0 Å². The number of rotatable bonds is 7. The summed E-state index contributed by atoms with van der Waals surface area (Å²) < 4.78 is 24.3. The highest BCUT2D eigenvalue weighted by molar-refractivity contribution is 6.09. The number of benzene rings is 1. The average Bonchev–Trinajstić information content (AvgIpc) is 2.85. The third-order valence-corrected chi connectivity index (χ3v) is 4.85. The minimum Gasteiger partial charge on any atom is -0.465 e. The van der Waals surface area contributed by atoms with E-state index in [1.165, 1.54) is 13.0 Å². The zero-order valence-corrected chi connectivity index (χ0v) is 16.6. The first kappa shape index (κ1) is 21.5. The van der Waals surface area contributed by atoms with Gasteiger partial charge in [0.05, 0.1) is 24.3 Å². The van der Waals surface area contributed by atoms with E-state index in [0.717, 1.165) is 6.07 Å². The predicted octanol–water partition coefficient (Wildman–Crippen LogP) is 2.62. The maximum absolute atomic E-state index is 14.5. The zero-order chi connectivity index (χ0) is 21.2. The number of ketones is 1. The molecular weight excluding hydrogens is 369 g/mol. The number of carbonyl (C=O) groups excluding carboxylic acids is 4. The molecule has 8 heteroatoms. The Kier molecular flexibility index (Phi) is 6.21. The van der Waals surface area contributed by atoms with Gasteiger partial charge in [0.2, 0.25) is 5.91 Å². The van der Waals surface area contributed by atoms with Crippen LogP contribution in [-0.2, 0) is 29.3 Å². The second kappa shape index (κ2) is 8.08. The summed E-state index contributed by atoms with van der Waals surface area (Å²) in [5, 5.41) is 2.47. The molecule has 1 aliphatic rings. The van der Waals surface area contributed by atoms with Crippen molar-refractivity contribution in [2.45, 2.75) is 40.0 Å². The van der Waals surface area contributed by atoms with Gasteiger partial charge in [-0.1, -0.05) is 6.92 Å². The van der Waals surface area contributed by atoms with Crippen LogP contribution in [0.5, 0.6) is 0 Å². The molecule has 152 valence electrons. The molecule has 0 bridgehead atoms. The summed E-state index contributed by atoms with van der Waals surface area (Å²) in [6.45, 7) is 7.84. The molecule has 0 aliphatic carbocycles. The summed E-state index contributed by atoms with van der Waals surface area (Å²) in [4.78, 5) is 49.5. The number of hydrogen-bond acceptors (Lipinski definition) is 6. The molecule has 1 atom stereocenters. The summed E-state index contributed by atoms with van der Waals surface area (Å²) in [7, 11) is 0. The normalized spacial score (nSPS) is 15.6. The molecule has 1 heterocycles. The Hall–Kier alpha value is -2.77. The van der Waals surface area contributed by atoms with Crippen molar-refractivity contribution in [3.63, 3.8) is 0 Å². The molecule has 0 spiro atoms. The highest BCUT2D eigenvalue weighted by Crippen LogP contribution is 2.40. The second-order valence-corrected chi connectivity index (χ2v) is 7.09. The number of Topliss-reactive ketones (excluding diaryl/α,β-unsaturated/α-hetero) is 1. The van der Waals surface area contributed by atoms with Crippen LogP contribution in [0.3, 0.4) is 0 Å². The van der Waals surface area contributed by atoms with E-state index in [0.29, 0.717) is 5.56 Å². The maximum Gasteiger partial charge on any atom is 0.321 e. The largest absolute Gasteiger partial charge is 0.465 e. The van der Waals surface area contributed by atoms with Gasteiger partial charge < -0.3 is 14.8 Å². The molecule has 28 heavy (non-hydrogen) atoms. The van der Waals surface area contributed by atoms with Gasteiger partial charge in [-0.05, 0) is 45.4 Å². The van der Waals surface area contributed by atoms with Gasteiger partial charge in [0, 0.05) is 11.5 Å². The van der Waals surface area contributed by atoms with Crippen molar-refractivity contribution in [1.29, 1.82) is 0 Å². The number of ether oxygens (including phenoxy) is 2. The topological polar surface area (TPSA) is 98.8 Å². The van der Waals surface area contributed by atoms with Crippen LogP contribution in [-0.4, -0.2) is 36.8 Å². The highest BCUT2D eigenvalue weighted by atomic mass is 19.1. The van der Waals surface area contributed by atoms with Crippen LogP contribution >= 0.6 is 0 Å². The van der Waals surface area contributed by atoms with E-state index in [2.05, 4.69) is 5.32 Å². The fourth-order valence-electron chi connectivity index (χ4n) is 3.14. The fourth-order valence-corrected chi connectivity index (χ4v) is 3.14. The molecule has 1 N–H and O–H groups in total. The van der Waals surface area contributed by atoms with Crippen molar-refractivity contribution in [3.8, 4) is 0 Å². The van der Waals surface area contributed by atoms with Crippen LogP contribution in [0.4, 0.5) is 10.1 Å². The summed E-state index contributed by atoms with van der Waals surface area (Å²) in [5.74, 6) is -6.10. The van der Waals surface area contributed by atoms with E-state index in [9.17, 15) is 23.6 Å². The first-order chi connectivity index (χ1) is 13.1. The van der Waals surface area contributed by atoms with Crippen molar-refractivity contribution in [3.05, 3.63) is 29.1 Å². The van der Waals surface area contributed by atoms with Crippen molar-refractivity contribution in [1.82, 2.24) is 0 Å². The van der Waals surface area contributed by atoms with E-state index in [1.807, 2.05) is 0 Å². The van der Waals surface area contributed by atoms with Crippen molar-refractivity contribution in [2.75, 3.05) is 18.5 Å². The number of hydrogen-bond donors (Lipinski definition) is 1. The van der Waals surface area contributed by atoms with Crippen LogP contribution in [0, 0.1) is 17.7 Å². The average molecular weight is 393 g/mol. The smallest absolute Gasteiger partial charge is 0.321 e. The van der Waals surface area contributed by atoms with E-state index in [1.54, 1.807) is 27.7 Å². The predicted molar refractivity (Wildman–Crippen MR) is 98.3 cm³/mol. The lowest BCUT2D eigenvalue weighted by atomic mass is 9.82. The summed E-state index contributed by atoms with van der Waals surface area (Å²) in [5.41, 5.74) is -0.674.